The van der Waals surface area contributed by atoms with E-state index in [9.17, 15) is 4.79 Å². The van der Waals surface area contributed by atoms with Gasteiger partial charge in [-0.1, -0.05) is 13.8 Å². The van der Waals surface area contributed by atoms with Gasteiger partial charge in [-0.05, 0) is 25.2 Å². The van der Waals surface area contributed by atoms with Gasteiger partial charge in [0.2, 0.25) is 5.91 Å². The molecule has 3 nitrogen and oxygen atoms in total. The van der Waals surface area contributed by atoms with Crippen LogP contribution in [-0.4, -0.2) is 36.5 Å². The van der Waals surface area contributed by atoms with Gasteiger partial charge in [0, 0.05) is 31.6 Å². The van der Waals surface area contributed by atoms with E-state index in [1.807, 2.05) is 0 Å². The number of carbonyl (C=O) groups is 1. The third kappa shape index (κ3) is 2.35. The molecule has 1 aliphatic heterocycles. The van der Waals surface area contributed by atoms with Gasteiger partial charge in [-0.2, -0.15) is 0 Å². The zero-order valence-corrected chi connectivity index (χ0v) is 11.3. The molecule has 1 saturated heterocycles. The van der Waals surface area contributed by atoms with Crippen LogP contribution in [0.1, 0.15) is 33.6 Å². The first-order chi connectivity index (χ1) is 7.08. The number of hydrogen-bond acceptors (Lipinski definition) is 2. The Balaban J connectivity index is 0.00000128. The molecular weight excluding hydrogens is 224 g/mol. The van der Waals surface area contributed by atoms with Gasteiger partial charge in [0.1, 0.15) is 0 Å². The number of nitrogens with zero attached hydrogens (tertiary/aromatic N) is 1. The fourth-order valence-corrected chi connectivity index (χ4v) is 2.55. The lowest BCUT2D eigenvalue weighted by atomic mass is 10.0. The molecule has 1 amide bonds. The summed E-state index contributed by atoms with van der Waals surface area (Å²) in [5, 5.41) is 3.32. The van der Waals surface area contributed by atoms with Crippen molar-refractivity contribution in [2.45, 2.75) is 39.7 Å². The van der Waals surface area contributed by atoms with Crippen molar-refractivity contribution in [2.24, 2.45) is 11.3 Å². The van der Waals surface area contributed by atoms with E-state index in [-0.39, 0.29) is 12.4 Å². The average Bonchev–Trinajstić information content (AvgIpc) is 2.92. The van der Waals surface area contributed by atoms with Crippen molar-refractivity contribution >= 4 is 18.3 Å². The van der Waals surface area contributed by atoms with Crippen LogP contribution in [-0.2, 0) is 4.79 Å². The molecule has 3 atom stereocenters. The summed E-state index contributed by atoms with van der Waals surface area (Å²) in [6.07, 6.45) is 2.23. The van der Waals surface area contributed by atoms with Crippen molar-refractivity contribution in [1.82, 2.24) is 10.2 Å². The molecule has 0 aromatic carbocycles. The number of halogens is 1. The summed E-state index contributed by atoms with van der Waals surface area (Å²) in [6.45, 7) is 9.34. The number of carbonyl (C=O) groups excluding carboxylic acids is 1. The molecule has 0 aromatic heterocycles. The van der Waals surface area contributed by atoms with E-state index in [4.69, 9.17) is 0 Å². The quantitative estimate of drug-likeness (QED) is 0.804. The number of nitrogens with one attached hydrogen (secondary N) is 1. The predicted molar refractivity (Wildman–Crippen MR) is 67.8 cm³/mol. The summed E-state index contributed by atoms with van der Waals surface area (Å²) >= 11 is 0. The summed E-state index contributed by atoms with van der Waals surface area (Å²) in [5.41, 5.74) is 0.307. The monoisotopic (exact) mass is 246 g/mol. The number of piperazine rings is 1. The van der Waals surface area contributed by atoms with Crippen LogP contribution >= 0.6 is 12.4 Å². The van der Waals surface area contributed by atoms with Crippen LogP contribution in [0.3, 0.4) is 0 Å². The van der Waals surface area contributed by atoms with Gasteiger partial charge >= 0.3 is 0 Å². The zero-order valence-electron chi connectivity index (χ0n) is 10.5. The molecule has 1 saturated carbocycles. The molecular formula is C12H23ClN2O. The minimum absolute atomic E-state index is 0. The van der Waals surface area contributed by atoms with Crippen molar-refractivity contribution in [3.8, 4) is 0 Å². The van der Waals surface area contributed by atoms with Gasteiger partial charge in [0.15, 0.2) is 0 Å². The molecule has 2 rings (SSSR count). The highest BCUT2D eigenvalue weighted by Crippen LogP contribution is 2.55. The first-order valence-electron chi connectivity index (χ1n) is 6.09. The van der Waals surface area contributed by atoms with Gasteiger partial charge in [0.25, 0.3) is 0 Å². The van der Waals surface area contributed by atoms with Gasteiger partial charge in [-0.15, -0.1) is 12.4 Å². The topological polar surface area (TPSA) is 32.3 Å². The lowest BCUT2D eigenvalue weighted by Gasteiger charge is -2.34. The molecule has 0 aromatic rings. The number of hydrogen-bond donors (Lipinski definition) is 1. The van der Waals surface area contributed by atoms with Crippen molar-refractivity contribution in [1.29, 1.82) is 0 Å². The summed E-state index contributed by atoms with van der Waals surface area (Å²) in [6, 6.07) is 0.368. The second kappa shape index (κ2) is 4.92. The minimum atomic E-state index is 0. The normalized spacial score (nSPS) is 37.8. The van der Waals surface area contributed by atoms with Crippen LogP contribution in [0.4, 0.5) is 0 Å². The Morgan fingerprint density at radius 1 is 1.56 bits per heavy atom. The smallest absolute Gasteiger partial charge is 0.226 e. The standard InChI is InChI=1S/C12H22N2O.ClH/c1-4-12(3)7-10(12)11(15)14-6-5-13-8-9(14)2;/h9-10,13H,4-8H2,1-3H3;1H/t9-,10?,12?;/m0./s1. The molecule has 1 N–H and O–H groups in total. The Labute approximate surface area is 104 Å². The summed E-state index contributed by atoms with van der Waals surface area (Å²) in [7, 11) is 0. The van der Waals surface area contributed by atoms with Crippen LogP contribution in [0, 0.1) is 11.3 Å². The van der Waals surface area contributed by atoms with Crippen molar-refractivity contribution in [3.05, 3.63) is 0 Å². The van der Waals surface area contributed by atoms with E-state index in [0.717, 1.165) is 32.5 Å². The van der Waals surface area contributed by atoms with Gasteiger partial charge in [0.05, 0.1) is 0 Å². The fraction of sp³-hybridized carbons (Fsp3) is 0.917. The molecule has 0 spiro atoms. The molecule has 0 radical (unpaired) electrons. The van der Waals surface area contributed by atoms with Crippen molar-refractivity contribution in [2.75, 3.05) is 19.6 Å². The molecule has 2 unspecified atom stereocenters. The number of amides is 1. The van der Waals surface area contributed by atoms with Crippen LogP contribution in [0.2, 0.25) is 0 Å². The zero-order chi connectivity index (χ0) is 11.1. The van der Waals surface area contributed by atoms with E-state index < -0.39 is 0 Å². The van der Waals surface area contributed by atoms with E-state index in [0.29, 0.717) is 23.3 Å². The van der Waals surface area contributed by atoms with E-state index in [2.05, 4.69) is 31.0 Å². The summed E-state index contributed by atoms with van der Waals surface area (Å²) in [4.78, 5) is 14.3. The summed E-state index contributed by atoms with van der Waals surface area (Å²) < 4.78 is 0. The average molecular weight is 247 g/mol. The third-order valence-electron chi connectivity index (χ3n) is 4.24. The highest BCUT2D eigenvalue weighted by molar-refractivity contribution is 5.85. The van der Waals surface area contributed by atoms with Gasteiger partial charge in [-0.25, -0.2) is 0 Å². The minimum Gasteiger partial charge on any atom is -0.337 e. The Morgan fingerprint density at radius 3 is 2.75 bits per heavy atom. The van der Waals surface area contributed by atoms with Crippen molar-refractivity contribution < 1.29 is 4.79 Å². The Bertz CT molecular complexity index is 272. The molecule has 0 bridgehead atoms. The molecule has 94 valence electrons. The SMILES string of the molecule is CCC1(C)CC1C(=O)N1CCNC[C@@H]1C.Cl. The summed E-state index contributed by atoms with van der Waals surface area (Å²) in [5.74, 6) is 0.705. The molecule has 2 fully saturated rings. The maximum absolute atomic E-state index is 12.2. The highest BCUT2D eigenvalue weighted by atomic mass is 35.5. The molecule has 4 heteroatoms. The maximum atomic E-state index is 12.2. The van der Waals surface area contributed by atoms with Crippen LogP contribution in [0.5, 0.6) is 0 Å². The first kappa shape index (κ1) is 13.8. The van der Waals surface area contributed by atoms with E-state index in [1.165, 1.54) is 0 Å². The van der Waals surface area contributed by atoms with Gasteiger partial charge in [-0.3, -0.25) is 4.79 Å². The predicted octanol–water partition coefficient (Wildman–Crippen LogP) is 1.66. The fourth-order valence-electron chi connectivity index (χ4n) is 2.55. The second-order valence-electron chi connectivity index (χ2n) is 5.35. The number of rotatable bonds is 2. The van der Waals surface area contributed by atoms with E-state index in [1.54, 1.807) is 0 Å². The van der Waals surface area contributed by atoms with Crippen LogP contribution in [0.15, 0.2) is 0 Å². The highest BCUT2D eigenvalue weighted by Gasteiger charge is 2.54. The molecule has 1 heterocycles. The lowest BCUT2D eigenvalue weighted by Crippen LogP contribution is -2.53. The molecule has 2 aliphatic rings. The van der Waals surface area contributed by atoms with E-state index >= 15 is 0 Å². The van der Waals surface area contributed by atoms with Crippen LogP contribution < -0.4 is 5.32 Å². The maximum Gasteiger partial charge on any atom is 0.226 e. The largest absolute Gasteiger partial charge is 0.337 e. The molecule has 16 heavy (non-hydrogen) atoms. The third-order valence-corrected chi connectivity index (χ3v) is 4.24. The van der Waals surface area contributed by atoms with Crippen LogP contribution in [0.25, 0.3) is 0 Å². The van der Waals surface area contributed by atoms with Gasteiger partial charge < -0.3 is 10.2 Å². The Hall–Kier alpha value is -0.280. The second-order valence-corrected chi connectivity index (χ2v) is 5.35. The first-order valence-corrected chi connectivity index (χ1v) is 6.09. The Kier molecular flexibility index (Phi) is 4.24. The molecule has 1 aliphatic carbocycles. The lowest BCUT2D eigenvalue weighted by molar-refractivity contribution is -0.136. The Morgan fingerprint density at radius 2 is 2.25 bits per heavy atom. The van der Waals surface area contributed by atoms with Crippen molar-refractivity contribution in [3.63, 3.8) is 0 Å².